The second-order valence-electron chi connectivity index (χ2n) is 8.00. The fraction of sp³-hybridized carbons (Fsp3) is 0.179. The summed E-state index contributed by atoms with van der Waals surface area (Å²) in [6.45, 7) is 2.13. The van der Waals surface area contributed by atoms with Crippen LogP contribution in [0.3, 0.4) is 0 Å². The topological polar surface area (TPSA) is 12.9 Å². The van der Waals surface area contributed by atoms with E-state index in [4.69, 9.17) is 0 Å². The summed E-state index contributed by atoms with van der Waals surface area (Å²) in [7, 11) is 0. The first-order chi connectivity index (χ1) is 16.4. The summed E-state index contributed by atoms with van der Waals surface area (Å²) in [6, 6.07) is 10.7. The molecule has 0 aliphatic carbocycles. The van der Waals surface area contributed by atoms with Gasteiger partial charge in [-0.1, -0.05) is 43.7 Å². The van der Waals surface area contributed by atoms with Crippen LogP contribution in [-0.4, -0.2) is 4.98 Å². The van der Waals surface area contributed by atoms with Crippen molar-refractivity contribution < 1.29 is 22.0 Å². The van der Waals surface area contributed by atoms with Crippen LogP contribution in [0, 0.1) is 40.9 Å². The summed E-state index contributed by atoms with van der Waals surface area (Å²) < 4.78 is 70.1. The zero-order chi connectivity index (χ0) is 24.2. The van der Waals surface area contributed by atoms with Gasteiger partial charge in [0.05, 0.1) is 11.3 Å². The molecule has 0 aliphatic heterocycles. The van der Waals surface area contributed by atoms with Crippen LogP contribution >= 0.6 is 0 Å². The monoisotopic (exact) mass is 465 g/mol. The van der Waals surface area contributed by atoms with Crippen molar-refractivity contribution in [2.24, 2.45) is 0 Å². The first-order valence-electron chi connectivity index (χ1n) is 10.9. The molecule has 0 N–H and O–H groups in total. The molecule has 0 bridgehead atoms. The molecule has 0 aliphatic rings. The first kappa shape index (κ1) is 23.4. The van der Waals surface area contributed by atoms with E-state index in [1.807, 2.05) is 6.07 Å². The van der Waals surface area contributed by atoms with Crippen LogP contribution in [0.4, 0.5) is 22.0 Å². The summed E-state index contributed by atoms with van der Waals surface area (Å²) >= 11 is 0. The third-order valence-corrected chi connectivity index (χ3v) is 5.54. The van der Waals surface area contributed by atoms with Gasteiger partial charge in [-0.05, 0) is 60.2 Å². The minimum atomic E-state index is -1.56. The third kappa shape index (κ3) is 4.94. The van der Waals surface area contributed by atoms with Crippen LogP contribution in [0.15, 0.2) is 54.7 Å². The fourth-order valence-electron chi connectivity index (χ4n) is 3.68. The molecule has 3 aromatic carbocycles. The second kappa shape index (κ2) is 10.0. The molecular formula is C28H20F5N. The van der Waals surface area contributed by atoms with Gasteiger partial charge in [-0.15, -0.1) is 0 Å². The van der Waals surface area contributed by atoms with E-state index in [1.54, 1.807) is 12.3 Å². The van der Waals surface area contributed by atoms with Crippen molar-refractivity contribution in [3.05, 3.63) is 101 Å². The van der Waals surface area contributed by atoms with Gasteiger partial charge in [-0.2, -0.15) is 0 Å². The summed E-state index contributed by atoms with van der Waals surface area (Å²) in [5, 5.41) is -0.0289. The third-order valence-electron chi connectivity index (χ3n) is 5.54. The van der Waals surface area contributed by atoms with Crippen LogP contribution < -0.4 is 0 Å². The molecule has 4 aromatic rings. The number of rotatable bonds is 5. The Balaban J connectivity index is 1.60. The van der Waals surface area contributed by atoms with Crippen LogP contribution in [0.2, 0.25) is 0 Å². The van der Waals surface area contributed by atoms with E-state index in [9.17, 15) is 22.0 Å². The quantitative estimate of drug-likeness (QED) is 0.127. The van der Waals surface area contributed by atoms with Crippen molar-refractivity contribution in [2.45, 2.75) is 32.6 Å². The molecule has 0 saturated heterocycles. The number of aryl methyl sites for hydroxylation is 1. The highest BCUT2D eigenvalue weighted by molar-refractivity contribution is 5.84. The highest BCUT2D eigenvalue weighted by Gasteiger charge is 2.14. The van der Waals surface area contributed by atoms with E-state index in [0.29, 0.717) is 11.3 Å². The minimum Gasteiger partial charge on any atom is -0.256 e. The average molecular weight is 465 g/mol. The lowest BCUT2D eigenvalue weighted by Crippen LogP contribution is -1.95. The molecule has 172 valence electrons. The predicted molar refractivity (Wildman–Crippen MR) is 123 cm³/mol. The molecule has 0 saturated carbocycles. The summed E-state index contributed by atoms with van der Waals surface area (Å²) in [5.41, 5.74) is 1.64. The Morgan fingerprint density at radius 2 is 1.53 bits per heavy atom. The summed E-state index contributed by atoms with van der Waals surface area (Å²) in [4.78, 5) is 4.33. The predicted octanol–water partition coefficient (Wildman–Crippen LogP) is 7.73. The van der Waals surface area contributed by atoms with Gasteiger partial charge in [0.2, 0.25) is 0 Å². The van der Waals surface area contributed by atoms with Gasteiger partial charge in [-0.25, -0.2) is 22.0 Å². The van der Waals surface area contributed by atoms with Crippen molar-refractivity contribution in [2.75, 3.05) is 0 Å². The van der Waals surface area contributed by atoms with Gasteiger partial charge < -0.3 is 0 Å². The zero-order valence-corrected chi connectivity index (χ0v) is 18.4. The SMILES string of the molecule is CCCCCc1ccc(-c2cc(F)c(C#Cc3ccc4c(F)c(F)c(F)cc4c3)c(F)c2)nc1. The molecule has 1 heterocycles. The van der Waals surface area contributed by atoms with Crippen molar-refractivity contribution >= 4 is 10.8 Å². The Labute approximate surface area is 194 Å². The number of fused-ring (bicyclic) bond motifs is 1. The standard InChI is InChI=1S/C28H20F5N/c1-2-3-4-5-18-8-11-26(34-16-18)20-14-23(29)22(24(30)15-20)10-7-17-6-9-21-19(12-17)13-25(31)28(33)27(21)32/h6,8-9,11-16H,2-5H2,1H3. The molecule has 0 amide bonds. The van der Waals surface area contributed by atoms with Crippen molar-refractivity contribution in [3.8, 4) is 23.1 Å². The van der Waals surface area contributed by atoms with Gasteiger partial charge in [0.15, 0.2) is 17.5 Å². The van der Waals surface area contributed by atoms with Crippen molar-refractivity contribution in [1.82, 2.24) is 4.98 Å². The van der Waals surface area contributed by atoms with E-state index < -0.39 is 34.6 Å². The Kier molecular flexibility index (Phi) is 6.93. The van der Waals surface area contributed by atoms with E-state index >= 15 is 0 Å². The Morgan fingerprint density at radius 1 is 0.765 bits per heavy atom. The van der Waals surface area contributed by atoms with Gasteiger partial charge in [0.25, 0.3) is 0 Å². The number of hydrogen-bond acceptors (Lipinski definition) is 1. The molecule has 1 nitrogen and oxygen atoms in total. The Morgan fingerprint density at radius 3 is 2.21 bits per heavy atom. The number of hydrogen-bond donors (Lipinski definition) is 0. The number of benzene rings is 3. The highest BCUT2D eigenvalue weighted by Crippen LogP contribution is 2.25. The summed E-state index contributed by atoms with van der Waals surface area (Å²) in [6.07, 6.45) is 5.93. The minimum absolute atomic E-state index is 0.0868. The fourth-order valence-corrected chi connectivity index (χ4v) is 3.68. The van der Waals surface area contributed by atoms with Gasteiger partial charge in [-0.3, -0.25) is 4.98 Å². The maximum atomic E-state index is 14.7. The molecule has 0 radical (unpaired) electrons. The second-order valence-corrected chi connectivity index (χ2v) is 8.00. The average Bonchev–Trinajstić information content (AvgIpc) is 2.82. The van der Waals surface area contributed by atoms with Gasteiger partial charge in [0.1, 0.15) is 11.6 Å². The lowest BCUT2D eigenvalue weighted by Gasteiger charge is -2.06. The zero-order valence-electron chi connectivity index (χ0n) is 18.4. The normalized spacial score (nSPS) is 10.9. The molecule has 0 spiro atoms. The van der Waals surface area contributed by atoms with Crippen LogP contribution in [0.1, 0.15) is 42.9 Å². The molecular weight excluding hydrogens is 445 g/mol. The number of halogens is 5. The maximum absolute atomic E-state index is 14.7. The molecule has 0 unspecified atom stereocenters. The Bertz CT molecular complexity index is 1390. The molecule has 0 fully saturated rings. The van der Waals surface area contributed by atoms with Crippen LogP contribution in [-0.2, 0) is 6.42 Å². The van der Waals surface area contributed by atoms with E-state index in [1.165, 1.54) is 30.3 Å². The summed E-state index contributed by atoms with van der Waals surface area (Å²) in [5.74, 6) is -0.858. The van der Waals surface area contributed by atoms with Gasteiger partial charge >= 0.3 is 0 Å². The lowest BCUT2D eigenvalue weighted by molar-refractivity contribution is 0.453. The van der Waals surface area contributed by atoms with Crippen LogP contribution in [0.25, 0.3) is 22.0 Å². The number of nitrogens with zero attached hydrogens (tertiary/aromatic N) is 1. The largest absolute Gasteiger partial charge is 0.256 e. The smallest absolute Gasteiger partial charge is 0.195 e. The van der Waals surface area contributed by atoms with Gasteiger partial charge in [0, 0.05) is 22.7 Å². The number of unbranched alkanes of at least 4 members (excludes halogenated alkanes) is 2. The maximum Gasteiger partial charge on any atom is 0.195 e. The number of pyridine rings is 1. The van der Waals surface area contributed by atoms with Crippen LogP contribution in [0.5, 0.6) is 0 Å². The molecule has 1 aromatic heterocycles. The van der Waals surface area contributed by atoms with Crippen molar-refractivity contribution in [1.29, 1.82) is 0 Å². The Hall–Kier alpha value is -3.72. The lowest BCUT2D eigenvalue weighted by atomic mass is 10.0. The molecule has 4 rings (SSSR count). The molecule has 34 heavy (non-hydrogen) atoms. The van der Waals surface area contributed by atoms with E-state index in [0.717, 1.165) is 37.3 Å². The first-order valence-corrected chi connectivity index (χ1v) is 10.9. The molecule has 6 heteroatoms. The van der Waals surface area contributed by atoms with Crippen molar-refractivity contribution in [3.63, 3.8) is 0 Å². The van der Waals surface area contributed by atoms with E-state index in [-0.39, 0.29) is 16.3 Å². The number of aromatic nitrogens is 1. The van der Waals surface area contributed by atoms with E-state index in [2.05, 4.69) is 23.7 Å². The highest BCUT2D eigenvalue weighted by atomic mass is 19.2. The molecule has 0 atom stereocenters.